The zero-order chi connectivity index (χ0) is 15.9. The van der Waals surface area contributed by atoms with Crippen molar-refractivity contribution in [3.8, 4) is 11.5 Å². The highest BCUT2D eigenvalue weighted by atomic mass is 16.6. The van der Waals surface area contributed by atoms with Gasteiger partial charge >= 0.3 is 0 Å². The van der Waals surface area contributed by atoms with Crippen molar-refractivity contribution < 1.29 is 18.9 Å². The molecule has 1 aliphatic carbocycles. The quantitative estimate of drug-likeness (QED) is 0.764. The van der Waals surface area contributed by atoms with Gasteiger partial charge in [0.2, 0.25) is 0 Å². The smallest absolute Gasteiger partial charge is 0.130 e. The fourth-order valence-electron chi connectivity index (χ4n) is 3.62. The van der Waals surface area contributed by atoms with Crippen LogP contribution in [0.25, 0.3) is 10.8 Å². The Labute approximate surface area is 141 Å². The molecule has 0 amide bonds. The maximum absolute atomic E-state index is 6.23. The number of hydrogen-bond acceptors (Lipinski definition) is 4. The van der Waals surface area contributed by atoms with E-state index in [2.05, 4.69) is 24.3 Å². The lowest BCUT2D eigenvalue weighted by Crippen LogP contribution is -2.14. The Morgan fingerprint density at radius 2 is 1.25 bits per heavy atom. The molecule has 0 aromatic heterocycles. The first-order valence-corrected chi connectivity index (χ1v) is 8.95. The fraction of sp³-hybridized carbons (Fsp3) is 0.500. The third-order valence-corrected chi connectivity index (χ3v) is 5.06. The normalized spacial score (nSPS) is 24.5. The van der Waals surface area contributed by atoms with Crippen molar-refractivity contribution in [3.63, 3.8) is 0 Å². The molecule has 0 N–H and O–H groups in total. The van der Waals surface area contributed by atoms with Gasteiger partial charge in [-0.1, -0.05) is 24.3 Å². The number of ether oxygens (including phenoxy) is 4. The molecule has 4 heteroatoms. The number of rotatable bonds is 6. The Morgan fingerprint density at radius 3 is 1.67 bits per heavy atom. The van der Waals surface area contributed by atoms with E-state index in [4.69, 9.17) is 18.9 Å². The zero-order valence-corrected chi connectivity index (χ0v) is 13.8. The molecule has 5 rings (SSSR count). The molecule has 24 heavy (non-hydrogen) atoms. The summed E-state index contributed by atoms with van der Waals surface area (Å²) >= 11 is 0. The largest absolute Gasteiger partial charge is 0.490 e. The standard InChI is InChI=1S/C20H22O4/c1-2-6-16-15(5-1)19(23-11-13-9-21-13)17-7-3-4-8-18(17)20(16)24-12-14-10-22-14/h1-2,5-6,13-14H,3-4,7-12H2. The molecule has 2 atom stereocenters. The summed E-state index contributed by atoms with van der Waals surface area (Å²) < 4.78 is 23.1. The first kappa shape index (κ1) is 14.6. The topological polar surface area (TPSA) is 43.5 Å². The Morgan fingerprint density at radius 1 is 0.792 bits per heavy atom. The summed E-state index contributed by atoms with van der Waals surface area (Å²) in [4.78, 5) is 0. The van der Waals surface area contributed by atoms with Crippen LogP contribution < -0.4 is 9.47 Å². The lowest BCUT2D eigenvalue weighted by atomic mass is 9.87. The van der Waals surface area contributed by atoms with E-state index >= 15 is 0 Å². The summed E-state index contributed by atoms with van der Waals surface area (Å²) in [6, 6.07) is 8.44. The molecule has 3 aliphatic rings. The van der Waals surface area contributed by atoms with Gasteiger partial charge in [-0.05, 0) is 25.7 Å². The summed E-state index contributed by atoms with van der Waals surface area (Å²) in [6.45, 7) is 2.94. The van der Waals surface area contributed by atoms with Crippen molar-refractivity contribution in [3.05, 3.63) is 35.4 Å². The van der Waals surface area contributed by atoms with Crippen molar-refractivity contribution >= 4 is 10.8 Å². The average molecular weight is 326 g/mol. The Hall–Kier alpha value is -1.78. The van der Waals surface area contributed by atoms with Gasteiger partial charge < -0.3 is 18.9 Å². The Bertz CT molecular complexity index is 697. The Kier molecular flexibility index (Phi) is 3.60. The van der Waals surface area contributed by atoms with E-state index in [1.807, 2.05) is 0 Å². The second-order valence-electron chi connectivity index (χ2n) is 6.90. The van der Waals surface area contributed by atoms with Gasteiger partial charge in [-0.3, -0.25) is 0 Å². The molecule has 2 aliphatic heterocycles. The van der Waals surface area contributed by atoms with Crippen LogP contribution in [-0.4, -0.2) is 38.6 Å². The average Bonchev–Trinajstić information content (AvgIpc) is 3.53. The molecule has 2 aromatic rings. The van der Waals surface area contributed by atoms with Crippen LogP contribution in [0.15, 0.2) is 24.3 Å². The SMILES string of the molecule is c1ccc2c(OCC3CO3)c3c(c(OCC4CO4)c2c1)CCCC3. The van der Waals surface area contributed by atoms with Crippen molar-refractivity contribution in [2.75, 3.05) is 26.4 Å². The molecule has 0 spiro atoms. The minimum atomic E-state index is 0.269. The lowest BCUT2D eigenvalue weighted by molar-refractivity contribution is 0.256. The highest BCUT2D eigenvalue weighted by Crippen LogP contribution is 2.44. The van der Waals surface area contributed by atoms with Crippen LogP contribution >= 0.6 is 0 Å². The van der Waals surface area contributed by atoms with Gasteiger partial charge in [0, 0.05) is 21.9 Å². The Balaban J connectivity index is 1.61. The van der Waals surface area contributed by atoms with Crippen molar-refractivity contribution in [1.29, 1.82) is 0 Å². The maximum Gasteiger partial charge on any atom is 0.130 e. The summed E-state index contributed by atoms with van der Waals surface area (Å²) in [5.74, 6) is 2.09. The first-order valence-electron chi connectivity index (χ1n) is 8.95. The molecule has 0 radical (unpaired) electrons. The van der Waals surface area contributed by atoms with Gasteiger partial charge in [-0.2, -0.15) is 0 Å². The molecular formula is C20H22O4. The van der Waals surface area contributed by atoms with Gasteiger partial charge in [-0.15, -0.1) is 0 Å². The maximum atomic E-state index is 6.23. The number of epoxide rings is 2. The first-order chi connectivity index (χ1) is 11.9. The van der Waals surface area contributed by atoms with E-state index in [0.29, 0.717) is 13.2 Å². The van der Waals surface area contributed by atoms with Crippen LogP contribution in [0.4, 0.5) is 0 Å². The second kappa shape index (κ2) is 5.94. The van der Waals surface area contributed by atoms with Crippen LogP contribution in [0.1, 0.15) is 24.0 Å². The van der Waals surface area contributed by atoms with E-state index in [-0.39, 0.29) is 12.2 Å². The molecule has 2 heterocycles. The molecule has 2 unspecified atom stereocenters. The molecule has 0 saturated carbocycles. The second-order valence-corrected chi connectivity index (χ2v) is 6.90. The predicted octanol–water partition coefficient (Wildman–Crippen LogP) is 3.27. The number of fused-ring (bicyclic) bond motifs is 2. The van der Waals surface area contributed by atoms with Gasteiger partial charge in [0.05, 0.1) is 13.2 Å². The minimum absolute atomic E-state index is 0.269. The van der Waals surface area contributed by atoms with Gasteiger partial charge in [0.25, 0.3) is 0 Å². The third-order valence-electron chi connectivity index (χ3n) is 5.06. The molecule has 126 valence electrons. The van der Waals surface area contributed by atoms with Crippen LogP contribution in [0.2, 0.25) is 0 Å². The van der Waals surface area contributed by atoms with E-state index in [0.717, 1.165) is 48.3 Å². The molecule has 0 bridgehead atoms. The van der Waals surface area contributed by atoms with Gasteiger partial charge in [-0.25, -0.2) is 0 Å². The summed E-state index contributed by atoms with van der Waals surface area (Å²) in [7, 11) is 0. The molecule has 2 fully saturated rings. The van der Waals surface area contributed by atoms with Crippen molar-refractivity contribution in [1.82, 2.24) is 0 Å². The summed E-state index contributed by atoms with van der Waals surface area (Å²) in [6.07, 6.45) is 5.10. The molecule has 2 saturated heterocycles. The predicted molar refractivity (Wildman–Crippen MR) is 91.1 cm³/mol. The van der Waals surface area contributed by atoms with E-state index < -0.39 is 0 Å². The lowest BCUT2D eigenvalue weighted by Gasteiger charge is -2.25. The van der Waals surface area contributed by atoms with Crippen LogP contribution in [-0.2, 0) is 22.3 Å². The number of benzene rings is 2. The molecular weight excluding hydrogens is 304 g/mol. The van der Waals surface area contributed by atoms with Gasteiger partial charge in [0.1, 0.15) is 36.9 Å². The fourth-order valence-corrected chi connectivity index (χ4v) is 3.62. The van der Waals surface area contributed by atoms with E-state index in [9.17, 15) is 0 Å². The highest BCUT2D eigenvalue weighted by Gasteiger charge is 2.29. The van der Waals surface area contributed by atoms with Crippen LogP contribution in [0, 0.1) is 0 Å². The van der Waals surface area contributed by atoms with Crippen molar-refractivity contribution in [2.45, 2.75) is 37.9 Å². The number of hydrogen-bond donors (Lipinski definition) is 0. The van der Waals surface area contributed by atoms with E-state index in [1.165, 1.54) is 24.0 Å². The third kappa shape index (κ3) is 2.74. The van der Waals surface area contributed by atoms with Crippen molar-refractivity contribution in [2.24, 2.45) is 0 Å². The van der Waals surface area contributed by atoms with Crippen LogP contribution in [0.3, 0.4) is 0 Å². The summed E-state index contributed by atoms with van der Waals surface area (Å²) in [5, 5.41) is 2.32. The monoisotopic (exact) mass is 326 g/mol. The van der Waals surface area contributed by atoms with Crippen LogP contribution in [0.5, 0.6) is 11.5 Å². The highest BCUT2D eigenvalue weighted by molar-refractivity contribution is 5.96. The minimum Gasteiger partial charge on any atom is -0.490 e. The van der Waals surface area contributed by atoms with Gasteiger partial charge in [0.15, 0.2) is 0 Å². The molecule has 2 aromatic carbocycles. The summed E-state index contributed by atoms with van der Waals surface area (Å²) in [5.41, 5.74) is 2.68. The van der Waals surface area contributed by atoms with E-state index in [1.54, 1.807) is 0 Å². The molecule has 4 nitrogen and oxygen atoms in total. The zero-order valence-electron chi connectivity index (χ0n) is 13.8.